The van der Waals surface area contributed by atoms with Crippen molar-refractivity contribution in [3.63, 3.8) is 0 Å². The average molecular weight is 231 g/mol. The Labute approximate surface area is 101 Å². The van der Waals surface area contributed by atoms with Crippen LogP contribution in [-0.4, -0.2) is 26.8 Å². The molecule has 0 spiro atoms. The summed E-state index contributed by atoms with van der Waals surface area (Å²) in [5, 5.41) is 7.63. The van der Waals surface area contributed by atoms with Crippen LogP contribution in [0.15, 0.2) is 24.8 Å². The standard InChI is InChI=1S/C12H17N5/c1-9-4-11(17(3)16-9)5-12(13-2)10-6-14-8-15-7-10/h4,6-8,12-13H,5H2,1-3H3. The molecule has 0 aromatic carbocycles. The minimum Gasteiger partial charge on any atom is -0.313 e. The van der Waals surface area contributed by atoms with Crippen molar-refractivity contribution in [3.8, 4) is 0 Å². The zero-order valence-corrected chi connectivity index (χ0v) is 10.4. The minimum atomic E-state index is 0.214. The molecule has 0 fully saturated rings. The second-order valence-corrected chi connectivity index (χ2v) is 4.12. The Bertz CT molecular complexity index is 477. The molecule has 2 rings (SSSR count). The average Bonchev–Trinajstić information content (AvgIpc) is 2.66. The number of likely N-dealkylation sites (N-methyl/N-ethyl adjacent to an activating group) is 1. The molecule has 0 amide bonds. The van der Waals surface area contributed by atoms with Gasteiger partial charge >= 0.3 is 0 Å². The summed E-state index contributed by atoms with van der Waals surface area (Å²) in [6, 6.07) is 2.32. The number of aromatic nitrogens is 4. The van der Waals surface area contributed by atoms with Gasteiger partial charge in [0, 0.05) is 43.2 Å². The molecule has 17 heavy (non-hydrogen) atoms. The van der Waals surface area contributed by atoms with Crippen LogP contribution in [0.3, 0.4) is 0 Å². The van der Waals surface area contributed by atoms with E-state index in [-0.39, 0.29) is 6.04 Å². The summed E-state index contributed by atoms with van der Waals surface area (Å²) in [7, 11) is 3.91. The van der Waals surface area contributed by atoms with E-state index in [1.807, 2.05) is 38.1 Å². The molecule has 1 atom stereocenters. The van der Waals surface area contributed by atoms with Gasteiger partial charge in [0.1, 0.15) is 6.33 Å². The Morgan fingerprint density at radius 3 is 2.59 bits per heavy atom. The van der Waals surface area contributed by atoms with Gasteiger partial charge in [0.2, 0.25) is 0 Å². The number of nitrogens with one attached hydrogen (secondary N) is 1. The lowest BCUT2D eigenvalue weighted by Gasteiger charge is -2.15. The molecule has 0 radical (unpaired) electrons. The number of hydrogen-bond acceptors (Lipinski definition) is 4. The van der Waals surface area contributed by atoms with E-state index in [1.165, 1.54) is 5.69 Å². The Morgan fingerprint density at radius 2 is 2.06 bits per heavy atom. The van der Waals surface area contributed by atoms with Gasteiger partial charge in [0.05, 0.1) is 5.69 Å². The molecule has 0 saturated carbocycles. The first-order chi connectivity index (χ1) is 8.20. The van der Waals surface area contributed by atoms with Crippen molar-refractivity contribution in [3.05, 3.63) is 41.7 Å². The monoisotopic (exact) mass is 231 g/mol. The summed E-state index contributed by atoms with van der Waals surface area (Å²) in [5.41, 5.74) is 3.33. The quantitative estimate of drug-likeness (QED) is 0.853. The van der Waals surface area contributed by atoms with Crippen molar-refractivity contribution in [1.29, 1.82) is 0 Å². The first-order valence-electron chi connectivity index (χ1n) is 5.62. The van der Waals surface area contributed by atoms with Gasteiger partial charge in [0.15, 0.2) is 0 Å². The molecule has 0 aliphatic carbocycles. The first-order valence-corrected chi connectivity index (χ1v) is 5.62. The maximum Gasteiger partial charge on any atom is 0.115 e. The Balaban J connectivity index is 2.18. The van der Waals surface area contributed by atoms with Gasteiger partial charge in [0.25, 0.3) is 0 Å². The Kier molecular flexibility index (Phi) is 3.49. The lowest BCUT2D eigenvalue weighted by molar-refractivity contribution is 0.558. The van der Waals surface area contributed by atoms with Crippen LogP contribution in [0.4, 0.5) is 0 Å². The van der Waals surface area contributed by atoms with E-state index in [0.29, 0.717) is 0 Å². The van der Waals surface area contributed by atoms with Crippen molar-refractivity contribution in [2.24, 2.45) is 7.05 Å². The largest absolute Gasteiger partial charge is 0.313 e. The van der Waals surface area contributed by atoms with Crippen LogP contribution in [0.1, 0.15) is 23.0 Å². The van der Waals surface area contributed by atoms with Crippen molar-refractivity contribution in [1.82, 2.24) is 25.1 Å². The SMILES string of the molecule is CNC(Cc1cc(C)nn1C)c1cncnc1. The maximum atomic E-state index is 4.35. The zero-order chi connectivity index (χ0) is 12.3. The van der Waals surface area contributed by atoms with Crippen LogP contribution >= 0.6 is 0 Å². The molecule has 2 heterocycles. The summed E-state index contributed by atoms with van der Waals surface area (Å²) >= 11 is 0. The molecular formula is C12H17N5. The molecule has 90 valence electrons. The van der Waals surface area contributed by atoms with Crippen LogP contribution in [0.2, 0.25) is 0 Å². The second kappa shape index (κ2) is 5.05. The van der Waals surface area contributed by atoms with Gasteiger partial charge in [-0.3, -0.25) is 4.68 Å². The van der Waals surface area contributed by atoms with Gasteiger partial charge in [-0.25, -0.2) is 9.97 Å². The summed E-state index contributed by atoms with van der Waals surface area (Å²) < 4.78 is 1.92. The molecule has 1 N–H and O–H groups in total. The van der Waals surface area contributed by atoms with E-state index < -0.39 is 0 Å². The van der Waals surface area contributed by atoms with E-state index in [9.17, 15) is 0 Å². The predicted octanol–water partition coefficient (Wildman–Crippen LogP) is 1.02. The maximum absolute atomic E-state index is 4.35. The summed E-state index contributed by atoms with van der Waals surface area (Å²) in [5.74, 6) is 0. The fourth-order valence-electron chi connectivity index (χ4n) is 1.94. The van der Waals surface area contributed by atoms with Gasteiger partial charge in [-0.1, -0.05) is 0 Å². The van der Waals surface area contributed by atoms with E-state index in [1.54, 1.807) is 6.33 Å². The van der Waals surface area contributed by atoms with Crippen molar-refractivity contribution < 1.29 is 0 Å². The molecular weight excluding hydrogens is 214 g/mol. The fourth-order valence-corrected chi connectivity index (χ4v) is 1.94. The van der Waals surface area contributed by atoms with Crippen molar-refractivity contribution in [2.75, 3.05) is 7.05 Å². The number of rotatable bonds is 4. The third-order valence-corrected chi connectivity index (χ3v) is 2.84. The first kappa shape index (κ1) is 11.7. The summed E-state index contributed by atoms with van der Waals surface area (Å²) in [6.45, 7) is 2.00. The van der Waals surface area contributed by atoms with E-state index in [4.69, 9.17) is 0 Å². The van der Waals surface area contributed by atoms with Crippen LogP contribution in [0.25, 0.3) is 0 Å². The van der Waals surface area contributed by atoms with E-state index in [0.717, 1.165) is 17.7 Å². The van der Waals surface area contributed by atoms with Crippen LogP contribution in [0.5, 0.6) is 0 Å². The minimum absolute atomic E-state index is 0.214. The van der Waals surface area contributed by atoms with Crippen molar-refractivity contribution >= 4 is 0 Å². The topological polar surface area (TPSA) is 55.6 Å². The molecule has 0 aliphatic rings. The van der Waals surface area contributed by atoms with Crippen molar-refractivity contribution in [2.45, 2.75) is 19.4 Å². The lowest BCUT2D eigenvalue weighted by atomic mass is 10.1. The van der Waals surface area contributed by atoms with Gasteiger partial charge in [-0.15, -0.1) is 0 Å². The fraction of sp³-hybridized carbons (Fsp3) is 0.417. The summed E-state index contributed by atoms with van der Waals surface area (Å²) in [6.07, 6.45) is 6.11. The van der Waals surface area contributed by atoms with Gasteiger partial charge in [-0.05, 0) is 20.0 Å². The molecule has 0 aliphatic heterocycles. The van der Waals surface area contributed by atoms with Crippen LogP contribution in [-0.2, 0) is 13.5 Å². The summed E-state index contributed by atoms with van der Waals surface area (Å²) in [4.78, 5) is 8.10. The third-order valence-electron chi connectivity index (χ3n) is 2.84. The normalized spacial score (nSPS) is 12.6. The number of aryl methyl sites for hydroxylation is 2. The number of hydrogen-bond donors (Lipinski definition) is 1. The highest BCUT2D eigenvalue weighted by Gasteiger charge is 2.13. The smallest absolute Gasteiger partial charge is 0.115 e. The van der Waals surface area contributed by atoms with Crippen LogP contribution in [0, 0.1) is 6.92 Å². The predicted molar refractivity (Wildman–Crippen MR) is 65.5 cm³/mol. The third kappa shape index (κ3) is 2.68. The Morgan fingerprint density at radius 1 is 1.35 bits per heavy atom. The number of nitrogens with zero attached hydrogens (tertiary/aromatic N) is 4. The molecule has 2 aromatic heterocycles. The highest BCUT2D eigenvalue weighted by atomic mass is 15.3. The molecule has 5 nitrogen and oxygen atoms in total. The molecule has 0 saturated heterocycles. The highest BCUT2D eigenvalue weighted by Crippen LogP contribution is 2.16. The second-order valence-electron chi connectivity index (χ2n) is 4.12. The molecule has 1 unspecified atom stereocenters. The molecule has 0 bridgehead atoms. The molecule has 5 heteroatoms. The zero-order valence-electron chi connectivity index (χ0n) is 10.4. The van der Waals surface area contributed by atoms with E-state index in [2.05, 4.69) is 26.4 Å². The highest BCUT2D eigenvalue weighted by molar-refractivity contribution is 5.16. The lowest BCUT2D eigenvalue weighted by Crippen LogP contribution is -2.20. The molecule has 2 aromatic rings. The van der Waals surface area contributed by atoms with Gasteiger partial charge in [-0.2, -0.15) is 5.10 Å². The van der Waals surface area contributed by atoms with Crippen LogP contribution < -0.4 is 5.32 Å². The van der Waals surface area contributed by atoms with Gasteiger partial charge < -0.3 is 5.32 Å². The Hall–Kier alpha value is -1.75. The van der Waals surface area contributed by atoms with E-state index >= 15 is 0 Å².